The molecule has 7 heteroatoms. The molecule has 1 amide bonds. The highest BCUT2D eigenvalue weighted by Crippen LogP contribution is 2.11. The largest absolute Gasteiger partial charge is 0.444 e. The van der Waals surface area contributed by atoms with Crippen LogP contribution in [0.5, 0.6) is 0 Å². The maximum Gasteiger partial charge on any atom is 0.407 e. The van der Waals surface area contributed by atoms with E-state index in [4.69, 9.17) is 9.29 Å². The van der Waals surface area contributed by atoms with Gasteiger partial charge in [0.25, 0.3) is 10.1 Å². The number of hydrogen-bond acceptors (Lipinski definition) is 4. The highest BCUT2D eigenvalue weighted by Gasteiger charge is 2.22. The molecule has 108 valence electrons. The third-order valence-corrected chi connectivity index (χ3v) is 2.95. The zero-order valence-electron chi connectivity index (χ0n) is 11.6. The molecule has 0 aromatic rings. The Morgan fingerprint density at radius 2 is 1.83 bits per heavy atom. The Balaban J connectivity index is 4.41. The average molecular weight is 281 g/mol. The fourth-order valence-corrected chi connectivity index (χ4v) is 1.86. The summed E-state index contributed by atoms with van der Waals surface area (Å²) in [6, 6.07) is -0.359. The van der Waals surface area contributed by atoms with Gasteiger partial charge < -0.3 is 10.1 Å². The van der Waals surface area contributed by atoms with E-state index in [1.54, 1.807) is 20.8 Å². The van der Waals surface area contributed by atoms with Gasteiger partial charge >= 0.3 is 6.09 Å². The predicted octanol–water partition coefficient (Wildman–Crippen LogP) is 1.81. The molecule has 1 atom stereocenters. The molecule has 0 bridgehead atoms. The number of rotatable bonds is 5. The minimum absolute atomic E-state index is 0.0410. The minimum Gasteiger partial charge on any atom is -0.444 e. The quantitative estimate of drug-likeness (QED) is 0.750. The van der Waals surface area contributed by atoms with Crippen LogP contribution in [0.1, 0.15) is 41.0 Å². The summed E-state index contributed by atoms with van der Waals surface area (Å²) in [6.45, 7) is 8.94. The van der Waals surface area contributed by atoms with Crippen molar-refractivity contribution in [3.05, 3.63) is 0 Å². The zero-order valence-corrected chi connectivity index (χ0v) is 12.4. The van der Waals surface area contributed by atoms with Gasteiger partial charge in [0.15, 0.2) is 0 Å². The lowest BCUT2D eigenvalue weighted by atomic mass is 10.0. The van der Waals surface area contributed by atoms with Crippen molar-refractivity contribution in [2.75, 3.05) is 5.75 Å². The number of ether oxygens (including phenoxy) is 1. The van der Waals surface area contributed by atoms with Crippen molar-refractivity contribution in [3.63, 3.8) is 0 Å². The number of alkyl carbamates (subject to hydrolysis) is 1. The molecule has 0 aliphatic carbocycles. The summed E-state index contributed by atoms with van der Waals surface area (Å²) < 4.78 is 35.2. The smallest absolute Gasteiger partial charge is 0.407 e. The van der Waals surface area contributed by atoms with Gasteiger partial charge in [0.2, 0.25) is 0 Å². The van der Waals surface area contributed by atoms with Gasteiger partial charge in [0.1, 0.15) is 5.60 Å². The van der Waals surface area contributed by atoms with E-state index >= 15 is 0 Å². The molecule has 0 aromatic heterocycles. The van der Waals surface area contributed by atoms with Crippen molar-refractivity contribution in [1.82, 2.24) is 5.32 Å². The molecule has 18 heavy (non-hydrogen) atoms. The molecular weight excluding hydrogens is 258 g/mol. The lowest BCUT2D eigenvalue weighted by molar-refractivity contribution is 0.0489. The molecule has 0 aliphatic rings. The molecule has 0 spiro atoms. The zero-order chi connectivity index (χ0) is 14.6. The Hall–Kier alpha value is -0.820. The fourth-order valence-electron chi connectivity index (χ4n) is 1.31. The van der Waals surface area contributed by atoms with Gasteiger partial charge in [-0.25, -0.2) is 4.79 Å². The first-order valence-electron chi connectivity index (χ1n) is 5.85. The van der Waals surface area contributed by atoms with Crippen molar-refractivity contribution in [2.45, 2.75) is 52.7 Å². The van der Waals surface area contributed by atoms with Crippen LogP contribution in [0.25, 0.3) is 0 Å². The van der Waals surface area contributed by atoms with Crippen molar-refractivity contribution in [3.8, 4) is 0 Å². The highest BCUT2D eigenvalue weighted by molar-refractivity contribution is 7.85. The minimum atomic E-state index is -4.02. The van der Waals surface area contributed by atoms with Crippen LogP contribution in [0, 0.1) is 5.92 Å². The normalized spacial score (nSPS) is 14.4. The molecule has 0 saturated heterocycles. The standard InChI is InChI=1S/C11H23NO5S/c1-8(2)9(6-7-18(14,15)16)12-10(13)17-11(3,4)5/h8-9H,6-7H2,1-5H3,(H,12,13)(H,14,15,16)/t9-/m0/s1. The summed E-state index contributed by atoms with van der Waals surface area (Å²) >= 11 is 0. The molecule has 0 aliphatic heterocycles. The van der Waals surface area contributed by atoms with Crippen LogP contribution in [-0.4, -0.2) is 36.5 Å². The molecule has 0 aromatic carbocycles. The van der Waals surface area contributed by atoms with Crippen LogP contribution >= 0.6 is 0 Å². The third kappa shape index (κ3) is 9.23. The van der Waals surface area contributed by atoms with Crippen molar-refractivity contribution in [2.24, 2.45) is 5.92 Å². The predicted molar refractivity (Wildman–Crippen MR) is 69.0 cm³/mol. The fraction of sp³-hybridized carbons (Fsp3) is 0.909. The maximum atomic E-state index is 11.6. The molecule has 6 nitrogen and oxygen atoms in total. The summed E-state index contributed by atoms with van der Waals surface area (Å²) in [7, 11) is -4.02. The van der Waals surface area contributed by atoms with Crippen LogP contribution in [0.15, 0.2) is 0 Å². The van der Waals surface area contributed by atoms with E-state index in [9.17, 15) is 13.2 Å². The van der Waals surface area contributed by atoms with Gasteiger partial charge in [-0.2, -0.15) is 8.42 Å². The van der Waals surface area contributed by atoms with Crippen LogP contribution in [0.4, 0.5) is 4.79 Å². The van der Waals surface area contributed by atoms with Crippen molar-refractivity contribution >= 4 is 16.2 Å². The van der Waals surface area contributed by atoms with Gasteiger partial charge in [0.05, 0.1) is 5.75 Å². The summed E-state index contributed by atoms with van der Waals surface area (Å²) in [5.41, 5.74) is -0.603. The SMILES string of the molecule is CC(C)[C@H](CCS(=O)(=O)O)NC(=O)OC(C)(C)C. The maximum absolute atomic E-state index is 11.6. The number of hydrogen-bond donors (Lipinski definition) is 2. The lowest BCUT2D eigenvalue weighted by Gasteiger charge is -2.25. The first-order chi connectivity index (χ1) is 7.91. The Labute approximate surface area is 109 Å². The number of nitrogens with one attached hydrogen (secondary N) is 1. The first-order valence-corrected chi connectivity index (χ1v) is 7.46. The second-order valence-corrected chi connectivity index (χ2v) is 7.14. The Bertz CT molecular complexity index is 369. The van der Waals surface area contributed by atoms with Gasteiger partial charge in [-0.1, -0.05) is 13.8 Å². The highest BCUT2D eigenvalue weighted by atomic mass is 32.2. The second kappa shape index (κ2) is 6.38. The molecule has 0 heterocycles. The Morgan fingerprint density at radius 1 is 1.33 bits per heavy atom. The molecule has 0 radical (unpaired) electrons. The summed E-state index contributed by atoms with van der Waals surface area (Å²) in [5, 5.41) is 2.61. The number of amides is 1. The molecule has 0 fully saturated rings. The molecule has 0 rings (SSSR count). The van der Waals surface area contributed by atoms with E-state index in [2.05, 4.69) is 5.32 Å². The monoisotopic (exact) mass is 281 g/mol. The van der Waals surface area contributed by atoms with E-state index < -0.39 is 21.8 Å². The van der Waals surface area contributed by atoms with Gasteiger partial charge in [0, 0.05) is 6.04 Å². The summed E-state index contributed by atoms with van der Waals surface area (Å²) in [4.78, 5) is 11.6. The van der Waals surface area contributed by atoms with Crippen LogP contribution in [-0.2, 0) is 14.9 Å². The number of carbonyl (C=O) groups excluding carboxylic acids is 1. The lowest BCUT2D eigenvalue weighted by Crippen LogP contribution is -2.42. The Kier molecular flexibility index (Phi) is 6.09. The summed E-state index contributed by atoms with van der Waals surface area (Å²) in [5.74, 6) is -0.342. The van der Waals surface area contributed by atoms with Gasteiger partial charge in [-0.15, -0.1) is 0 Å². The average Bonchev–Trinajstić information content (AvgIpc) is 2.06. The first kappa shape index (κ1) is 17.2. The Morgan fingerprint density at radius 3 is 2.17 bits per heavy atom. The van der Waals surface area contributed by atoms with Crippen LogP contribution < -0.4 is 5.32 Å². The van der Waals surface area contributed by atoms with Crippen LogP contribution in [0.2, 0.25) is 0 Å². The molecule has 2 N–H and O–H groups in total. The molecular formula is C11H23NO5S. The van der Waals surface area contributed by atoms with Gasteiger partial charge in [-0.3, -0.25) is 4.55 Å². The van der Waals surface area contributed by atoms with E-state index in [0.717, 1.165) is 0 Å². The molecule has 0 unspecified atom stereocenters. The van der Waals surface area contributed by atoms with E-state index in [0.29, 0.717) is 0 Å². The van der Waals surface area contributed by atoms with E-state index in [-0.39, 0.29) is 24.1 Å². The van der Waals surface area contributed by atoms with Crippen LogP contribution in [0.3, 0.4) is 0 Å². The summed E-state index contributed by atoms with van der Waals surface area (Å²) in [6.07, 6.45) is -0.438. The second-order valence-electron chi connectivity index (χ2n) is 5.57. The molecule has 0 saturated carbocycles. The van der Waals surface area contributed by atoms with E-state index in [1.807, 2.05) is 13.8 Å². The van der Waals surface area contributed by atoms with Gasteiger partial charge in [-0.05, 0) is 33.1 Å². The van der Waals surface area contributed by atoms with Crippen molar-refractivity contribution < 1.29 is 22.5 Å². The number of carbonyl (C=O) groups is 1. The van der Waals surface area contributed by atoms with E-state index in [1.165, 1.54) is 0 Å². The topological polar surface area (TPSA) is 92.7 Å². The van der Waals surface area contributed by atoms with Crippen molar-refractivity contribution in [1.29, 1.82) is 0 Å². The third-order valence-electron chi connectivity index (χ3n) is 2.19.